The van der Waals surface area contributed by atoms with Crippen LogP contribution < -0.4 is 11.1 Å². The van der Waals surface area contributed by atoms with Crippen LogP contribution in [0.15, 0.2) is 18.2 Å². The highest BCUT2D eigenvalue weighted by Gasteiger charge is 2.17. The van der Waals surface area contributed by atoms with Crippen molar-refractivity contribution in [3.05, 3.63) is 23.8 Å². The Morgan fingerprint density at radius 1 is 1.35 bits per heavy atom. The number of anilines is 2. The fraction of sp³-hybridized carbons (Fsp3) is 0.571. The van der Waals surface area contributed by atoms with Gasteiger partial charge in [-0.05, 0) is 25.1 Å². The average molecular weight is 285 g/mol. The molecule has 0 radical (unpaired) electrons. The molecule has 1 saturated heterocycles. The van der Waals surface area contributed by atoms with Crippen molar-refractivity contribution in [3.8, 4) is 0 Å². The van der Waals surface area contributed by atoms with E-state index in [1.807, 2.05) is 6.92 Å². The number of nitrogens with two attached hydrogens (primary N) is 1. The molecule has 0 spiro atoms. The normalized spacial score (nSPS) is 18.2. The van der Waals surface area contributed by atoms with Gasteiger partial charge in [-0.15, -0.1) is 0 Å². The zero-order valence-electron chi connectivity index (χ0n) is 11.6. The molecule has 1 aliphatic rings. The molecule has 0 saturated carbocycles. The molecule has 4 nitrogen and oxygen atoms in total. The minimum atomic E-state index is -2.53. The molecule has 0 aliphatic carbocycles. The smallest absolute Gasteiger partial charge is 0.265 e. The maximum Gasteiger partial charge on any atom is 0.265 e. The first kappa shape index (κ1) is 15.0. The Bertz CT molecular complexity index is 436. The van der Waals surface area contributed by atoms with E-state index < -0.39 is 6.43 Å². The highest BCUT2D eigenvalue weighted by atomic mass is 19.3. The molecule has 112 valence electrons. The van der Waals surface area contributed by atoms with Crippen LogP contribution in [0.4, 0.5) is 20.2 Å². The molecular formula is C14H21F2N3O. The van der Waals surface area contributed by atoms with Gasteiger partial charge in [0.15, 0.2) is 0 Å². The lowest BCUT2D eigenvalue weighted by Gasteiger charge is -2.30. The minimum absolute atomic E-state index is 0.0428. The highest BCUT2D eigenvalue weighted by molar-refractivity contribution is 5.59. The summed E-state index contributed by atoms with van der Waals surface area (Å²) in [5.41, 5.74) is 6.33. The molecule has 3 N–H and O–H groups in total. The van der Waals surface area contributed by atoms with Crippen LogP contribution in [0.5, 0.6) is 0 Å². The van der Waals surface area contributed by atoms with Gasteiger partial charge in [0.1, 0.15) is 0 Å². The lowest BCUT2D eigenvalue weighted by atomic mass is 10.1. The number of benzene rings is 1. The van der Waals surface area contributed by atoms with Gasteiger partial charge in [0.25, 0.3) is 6.43 Å². The van der Waals surface area contributed by atoms with Crippen molar-refractivity contribution in [1.82, 2.24) is 4.90 Å². The van der Waals surface area contributed by atoms with Crippen LogP contribution in [0.25, 0.3) is 0 Å². The summed E-state index contributed by atoms with van der Waals surface area (Å²) in [5, 5.41) is 3.15. The van der Waals surface area contributed by atoms with E-state index in [4.69, 9.17) is 10.5 Å². The first-order valence-electron chi connectivity index (χ1n) is 6.80. The van der Waals surface area contributed by atoms with Crippen LogP contribution in [0.1, 0.15) is 18.9 Å². The van der Waals surface area contributed by atoms with E-state index in [-0.39, 0.29) is 11.6 Å². The fourth-order valence-electron chi connectivity index (χ4n) is 2.38. The van der Waals surface area contributed by atoms with Crippen molar-refractivity contribution >= 4 is 11.4 Å². The number of morpholine rings is 1. The number of nitrogens with one attached hydrogen (secondary N) is 1. The molecule has 1 aliphatic heterocycles. The largest absolute Gasteiger partial charge is 0.399 e. The van der Waals surface area contributed by atoms with Crippen molar-refractivity contribution in [2.75, 3.05) is 43.9 Å². The monoisotopic (exact) mass is 285 g/mol. The Hall–Kier alpha value is -1.40. The third-order valence-electron chi connectivity index (χ3n) is 3.35. The molecule has 1 aromatic carbocycles. The molecule has 1 fully saturated rings. The summed E-state index contributed by atoms with van der Waals surface area (Å²) in [4.78, 5) is 2.26. The summed E-state index contributed by atoms with van der Waals surface area (Å²) in [6.45, 7) is 6.02. The van der Waals surface area contributed by atoms with Crippen LogP contribution >= 0.6 is 0 Å². The summed E-state index contributed by atoms with van der Waals surface area (Å²) >= 11 is 0. The standard InChI is InChI=1S/C14H21F2N3O/c1-10(9-19-4-6-20-7-5-19)18-13-3-2-11(17)8-12(13)14(15)16/h2-3,8,10,14,18H,4-7,9,17H2,1H3. The number of hydrogen-bond acceptors (Lipinski definition) is 4. The zero-order chi connectivity index (χ0) is 14.5. The Labute approximate surface area is 117 Å². The number of nitrogen functional groups attached to an aromatic ring is 1. The van der Waals surface area contributed by atoms with Crippen molar-refractivity contribution in [2.24, 2.45) is 0 Å². The maximum absolute atomic E-state index is 13.0. The van der Waals surface area contributed by atoms with Crippen molar-refractivity contribution in [3.63, 3.8) is 0 Å². The van der Waals surface area contributed by atoms with Gasteiger partial charge in [-0.3, -0.25) is 4.90 Å². The van der Waals surface area contributed by atoms with Crippen LogP contribution in [0, 0.1) is 0 Å². The SMILES string of the molecule is CC(CN1CCOCC1)Nc1ccc(N)cc1C(F)F. The second-order valence-corrected chi connectivity index (χ2v) is 5.11. The number of alkyl halides is 2. The molecule has 0 amide bonds. The molecule has 2 rings (SSSR count). The second-order valence-electron chi connectivity index (χ2n) is 5.11. The molecule has 6 heteroatoms. The first-order chi connectivity index (χ1) is 9.56. The summed E-state index contributed by atoms with van der Waals surface area (Å²) in [6, 6.07) is 4.66. The van der Waals surface area contributed by atoms with Crippen LogP contribution in [0.2, 0.25) is 0 Å². The predicted octanol–water partition coefficient (Wildman–Crippen LogP) is 2.34. The summed E-state index contributed by atoms with van der Waals surface area (Å²) in [6.07, 6.45) is -2.53. The van der Waals surface area contributed by atoms with E-state index in [1.54, 1.807) is 12.1 Å². The van der Waals surface area contributed by atoms with E-state index >= 15 is 0 Å². The van der Waals surface area contributed by atoms with E-state index in [0.29, 0.717) is 11.4 Å². The third-order valence-corrected chi connectivity index (χ3v) is 3.35. The molecule has 1 heterocycles. The third kappa shape index (κ3) is 4.05. The summed E-state index contributed by atoms with van der Waals surface area (Å²) in [5.74, 6) is 0. The Kier molecular flexibility index (Phi) is 5.14. The lowest BCUT2D eigenvalue weighted by molar-refractivity contribution is 0.0368. The number of ether oxygens (including phenoxy) is 1. The fourth-order valence-corrected chi connectivity index (χ4v) is 2.38. The van der Waals surface area contributed by atoms with Gasteiger partial charge in [-0.1, -0.05) is 0 Å². The Morgan fingerprint density at radius 2 is 2.05 bits per heavy atom. The van der Waals surface area contributed by atoms with Gasteiger partial charge >= 0.3 is 0 Å². The molecular weight excluding hydrogens is 264 g/mol. The maximum atomic E-state index is 13.0. The van der Waals surface area contributed by atoms with E-state index in [1.165, 1.54) is 6.07 Å². The van der Waals surface area contributed by atoms with Crippen molar-refractivity contribution in [2.45, 2.75) is 19.4 Å². The lowest BCUT2D eigenvalue weighted by Crippen LogP contribution is -2.42. The van der Waals surface area contributed by atoms with Gasteiger partial charge in [0.2, 0.25) is 0 Å². The van der Waals surface area contributed by atoms with E-state index in [2.05, 4.69) is 10.2 Å². The molecule has 1 unspecified atom stereocenters. The quantitative estimate of drug-likeness (QED) is 0.815. The minimum Gasteiger partial charge on any atom is -0.399 e. The zero-order valence-corrected chi connectivity index (χ0v) is 11.6. The van der Waals surface area contributed by atoms with Crippen LogP contribution in [-0.4, -0.2) is 43.8 Å². The van der Waals surface area contributed by atoms with E-state index in [9.17, 15) is 8.78 Å². The molecule has 1 aromatic rings. The first-order valence-corrected chi connectivity index (χ1v) is 6.80. The average Bonchev–Trinajstić information content (AvgIpc) is 2.41. The van der Waals surface area contributed by atoms with Crippen LogP contribution in [0.3, 0.4) is 0 Å². The summed E-state index contributed by atoms with van der Waals surface area (Å²) in [7, 11) is 0. The molecule has 0 bridgehead atoms. The van der Waals surface area contributed by atoms with Crippen molar-refractivity contribution < 1.29 is 13.5 Å². The number of rotatable bonds is 5. The molecule has 1 atom stereocenters. The Balaban J connectivity index is 1.97. The van der Waals surface area contributed by atoms with Crippen molar-refractivity contribution in [1.29, 1.82) is 0 Å². The molecule has 20 heavy (non-hydrogen) atoms. The Morgan fingerprint density at radius 3 is 2.70 bits per heavy atom. The van der Waals surface area contributed by atoms with Gasteiger partial charge in [-0.25, -0.2) is 8.78 Å². The molecule has 0 aromatic heterocycles. The highest BCUT2D eigenvalue weighted by Crippen LogP contribution is 2.29. The number of nitrogens with zero attached hydrogens (tertiary/aromatic N) is 1. The predicted molar refractivity (Wildman–Crippen MR) is 76.2 cm³/mol. The van der Waals surface area contributed by atoms with Crippen LogP contribution in [-0.2, 0) is 4.74 Å². The number of hydrogen-bond donors (Lipinski definition) is 2. The van der Waals surface area contributed by atoms with E-state index in [0.717, 1.165) is 32.8 Å². The summed E-state index contributed by atoms with van der Waals surface area (Å²) < 4.78 is 31.3. The second kappa shape index (κ2) is 6.85. The van der Waals surface area contributed by atoms with Gasteiger partial charge in [0, 0.05) is 42.6 Å². The number of halogens is 2. The van der Waals surface area contributed by atoms with Gasteiger partial charge in [0.05, 0.1) is 13.2 Å². The topological polar surface area (TPSA) is 50.5 Å². The van der Waals surface area contributed by atoms with Gasteiger partial charge in [-0.2, -0.15) is 0 Å². The van der Waals surface area contributed by atoms with Gasteiger partial charge < -0.3 is 15.8 Å².